The van der Waals surface area contributed by atoms with Gasteiger partial charge in [0.25, 0.3) is 0 Å². The predicted molar refractivity (Wildman–Crippen MR) is 35.8 cm³/mol. The van der Waals surface area contributed by atoms with Gasteiger partial charge in [-0.05, 0) is 0 Å². The fourth-order valence-electron chi connectivity index (χ4n) is 0.523. The second-order valence-corrected chi connectivity index (χ2v) is 2.61. The van der Waals surface area contributed by atoms with Crippen LogP contribution in [-0.4, -0.2) is 24.3 Å². The van der Waals surface area contributed by atoms with Crippen molar-refractivity contribution in [2.24, 2.45) is 5.41 Å². The van der Waals surface area contributed by atoms with Gasteiger partial charge in [-0.25, -0.2) is 0 Å². The molecule has 0 aliphatic heterocycles. The SMILES string of the molecule is CC(CO)(C[C]=O)C[C]=O. The third-order valence-corrected chi connectivity index (χ3v) is 1.38. The summed E-state index contributed by atoms with van der Waals surface area (Å²) in [4.78, 5) is 19.8. The first kappa shape index (κ1) is 9.30. The molecule has 0 bridgehead atoms. The Morgan fingerprint density at radius 1 is 1.30 bits per heavy atom. The van der Waals surface area contributed by atoms with Crippen molar-refractivity contribution in [3.05, 3.63) is 0 Å². The molecule has 0 heterocycles. The van der Waals surface area contributed by atoms with E-state index in [9.17, 15) is 9.59 Å². The normalized spacial score (nSPS) is 11.0. The average Bonchev–Trinajstić information content (AvgIpc) is 1.89. The van der Waals surface area contributed by atoms with Crippen LogP contribution in [0, 0.1) is 5.41 Å². The van der Waals surface area contributed by atoms with Gasteiger partial charge in [-0.1, -0.05) is 6.92 Å². The molecule has 0 amide bonds. The molecule has 10 heavy (non-hydrogen) atoms. The fraction of sp³-hybridized carbons (Fsp3) is 0.714. The molecule has 0 rings (SSSR count). The van der Waals surface area contributed by atoms with E-state index >= 15 is 0 Å². The lowest BCUT2D eigenvalue weighted by molar-refractivity contribution is 0.153. The second-order valence-electron chi connectivity index (χ2n) is 2.61. The van der Waals surface area contributed by atoms with Crippen LogP contribution in [0.25, 0.3) is 0 Å². The molecule has 3 nitrogen and oxygen atoms in total. The summed E-state index contributed by atoms with van der Waals surface area (Å²) in [6.45, 7) is 1.46. The van der Waals surface area contributed by atoms with Gasteiger partial charge in [0.05, 0.1) is 0 Å². The molecular formula is C7H10O3. The van der Waals surface area contributed by atoms with Gasteiger partial charge in [-0.15, -0.1) is 0 Å². The zero-order chi connectivity index (χ0) is 8.04. The standard InChI is InChI=1S/C7H10O3/c1-7(6-10,2-4-8)3-5-9/h10H,2-3,6H2,1H3. The molecular weight excluding hydrogens is 132 g/mol. The summed E-state index contributed by atoms with van der Waals surface area (Å²) in [5.74, 6) is 0. The van der Waals surface area contributed by atoms with Gasteiger partial charge in [0.2, 0.25) is 0 Å². The molecule has 0 saturated carbocycles. The van der Waals surface area contributed by atoms with Crippen LogP contribution in [0.1, 0.15) is 19.8 Å². The largest absolute Gasteiger partial charge is 0.396 e. The molecule has 0 aliphatic carbocycles. The summed E-state index contributed by atoms with van der Waals surface area (Å²) >= 11 is 0. The monoisotopic (exact) mass is 142 g/mol. The van der Waals surface area contributed by atoms with Crippen molar-refractivity contribution in [2.45, 2.75) is 19.8 Å². The summed E-state index contributed by atoms with van der Waals surface area (Å²) in [7, 11) is 0. The number of aliphatic hydroxyl groups is 1. The first-order valence-corrected chi connectivity index (χ1v) is 2.99. The number of hydrogen-bond donors (Lipinski definition) is 1. The molecule has 0 aromatic rings. The number of rotatable bonds is 5. The predicted octanol–water partition coefficient (Wildman–Crippen LogP) is -0.0154. The minimum Gasteiger partial charge on any atom is -0.396 e. The van der Waals surface area contributed by atoms with E-state index in [0.29, 0.717) is 0 Å². The molecule has 0 aliphatic rings. The highest BCUT2D eigenvalue weighted by molar-refractivity contribution is 5.56. The van der Waals surface area contributed by atoms with E-state index in [1.165, 1.54) is 0 Å². The number of aliphatic hydroxyl groups excluding tert-OH is 1. The van der Waals surface area contributed by atoms with Crippen molar-refractivity contribution >= 4 is 12.6 Å². The average molecular weight is 142 g/mol. The van der Waals surface area contributed by atoms with E-state index in [1.807, 2.05) is 0 Å². The van der Waals surface area contributed by atoms with Crippen molar-refractivity contribution in [2.75, 3.05) is 6.61 Å². The highest BCUT2D eigenvalue weighted by Crippen LogP contribution is 2.21. The second kappa shape index (κ2) is 4.17. The highest BCUT2D eigenvalue weighted by Gasteiger charge is 2.22. The molecule has 3 heteroatoms. The van der Waals surface area contributed by atoms with Crippen molar-refractivity contribution in [1.29, 1.82) is 0 Å². The van der Waals surface area contributed by atoms with E-state index in [-0.39, 0.29) is 19.4 Å². The summed E-state index contributed by atoms with van der Waals surface area (Å²) < 4.78 is 0. The van der Waals surface area contributed by atoms with Crippen molar-refractivity contribution in [3.63, 3.8) is 0 Å². The van der Waals surface area contributed by atoms with Crippen LogP contribution in [0.4, 0.5) is 0 Å². The topological polar surface area (TPSA) is 54.4 Å². The van der Waals surface area contributed by atoms with E-state index in [1.54, 1.807) is 19.5 Å². The van der Waals surface area contributed by atoms with Gasteiger partial charge in [-0.2, -0.15) is 0 Å². The lowest BCUT2D eigenvalue weighted by atomic mass is 9.85. The van der Waals surface area contributed by atoms with E-state index in [2.05, 4.69) is 0 Å². The summed E-state index contributed by atoms with van der Waals surface area (Å²) in [6, 6.07) is 0. The molecule has 0 atom stereocenters. The molecule has 2 radical (unpaired) electrons. The Balaban J connectivity index is 3.92. The Morgan fingerprint density at radius 2 is 1.70 bits per heavy atom. The van der Waals surface area contributed by atoms with Gasteiger partial charge in [-0.3, -0.25) is 9.59 Å². The lowest BCUT2D eigenvalue weighted by Gasteiger charge is -2.20. The first-order chi connectivity index (χ1) is 4.68. The minimum absolute atomic E-state index is 0.0821. The van der Waals surface area contributed by atoms with Gasteiger partial charge in [0.1, 0.15) is 0 Å². The van der Waals surface area contributed by atoms with Crippen molar-refractivity contribution < 1.29 is 14.7 Å². The first-order valence-electron chi connectivity index (χ1n) is 2.99. The van der Waals surface area contributed by atoms with Crippen LogP contribution < -0.4 is 0 Å². The van der Waals surface area contributed by atoms with Gasteiger partial charge in [0.15, 0.2) is 12.6 Å². The van der Waals surface area contributed by atoms with Crippen LogP contribution in [0.2, 0.25) is 0 Å². The Kier molecular flexibility index (Phi) is 3.88. The van der Waals surface area contributed by atoms with Crippen molar-refractivity contribution in [3.8, 4) is 0 Å². The number of hydrogen-bond acceptors (Lipinski definition) is 3. The zero-order valence-corrected chi connectivity index (χ0v) is 5.89. The van der Waals surface area contributed by atoms with Gasteiger partial charge >= 0.3 is 0 Å². The molecule has 0 aromatic heterocycles. The molecule has 1 N–H and O–H groups in total. The van der Waals surface area contributed by atoms with Gasteiger partial charge < -0.3 is 5.11 Å². The highest BCUT2D eigenvalue weighted by atomic mass is 16.3. The van der Waals surface area contributed by atoms with Crippen LogP contribution in [0.5, 0.6) is 0 Å². The molecule has 0 aromatic carbocycles. The maximum absolute atomic E-state index is 9.89. The Hall–Kier alpha value is -0.700. The maximum Gasteiger partial charge on any atom is 0.199 e. The Bertz CT molecular complexity index is 110. The van der Waals surface area contributed by atoms with Crippen LogP contribution in [0.15, 0.2) is 0 Å². The smallest absolute Gasteiger partial charge is 0.199 e. The number of carbonyl (C=O) groups excluding carboxylic acids is 2. The van der Waals surface area contributed by atoms with Crippen molar-refractivity contribution in [1.82, 2.24) is 0 Å². The molecule has 0 fully saturated rings. The quantitative estimate of drug-likeness (QED) is 0.587. The minimum atomic E-state index is -0.649. The Morgan fingerprint density at radius 3 is 1.90 bits per heavy atom. The molecule has 0 spiro atoms. The molecule has 0 saturated heterocycles. The lowest BCUT2D eigenvalue weighted by Crippen LogP contribution is -2.22. The van der Waals surface area contributed by atoms with E-state index in [4.69, 9.17) is 5.11 Å². The zero-order valence-electron chi connectivity index (χ0n) is 5.89. The summed E-state index contributed by atoms with van der Waals surface area (Å²) in [5, 5.41) is 8.69. The summed E-state index contributed by atoms with van der Waals surface area (Å²) in [5.41, 5.74) is -0.649. The van der Waals surface area contributed by atoms with E-state index in [0.717, 1.165) is 0 Å². The van der Waals surface area contributed by atoms with Crippen LogP contribution in [0.3, 0.4) is 0 Å². The van der Waals surface area contributed by atoms with Gasteiger partial charge in [0, 0.05) is 24.9 Å². The van der Waals surface area contributed by atoms with Crippen LogP contribution in [-0.2, 0) is 9.59 Å². The molecule has 0 unspecified atom stereocenters. The molecule has 56 valence electrons. The third-order valence-electron chi connectivity index (χ3n) is 1.38. The van der Waals surface area contributed by atoms with Crippen LogP contribution >= 0.6 is 0 Å². The Labute approximate surface area is 60.0 Å². The maximum atomic E-state index is 9.89. The summed E-state index contributed by atoms with van der Waals surface area (Å²) in [6.07, 6.45) is 3.47. The third kappa shape index (κ3) is 2.73. The fourth-order valence-corrected chi connectivity index (χ4v) is 0.523. The van der Waals surface area contributed by atoms with E-state index < -0.39 is 5.41 Å².